The van der Waals surface area contributed by atoms with Gasteiger partial charge in [-0.3, -0.25) is 5.32 Å². The molecule has 5 nitrogen and oxygen atoms in total. The van der Waals surface area contributed by atoms with E-state index in [1.54, 1.807) is 7.11 Å². The van der Waals surface area contributed by atoms with Crippen molar-refractivity contribution < 1.29 is 9.53 Å². The molecule has 1 aliphatic heterocycles. The Bertz CT molecular complexity index is 1010. The second kappa shape index (κ2) is 5.73. The van der Waals surface area contributed by atoms with Crippen molar-refractivity contribution in [2.45, 2.75) is 25.4 Å². The third-order valence-electron chi connectivity index (χ3n) is 5.15. The fraction of sp³-hybridized carbons (Fsp3) is 0.238. The summed E-state index contributed by atoms with van der Waals surface area (Å²) in [6, 6.07) is 16.8. The zero-order valence-corrected chi connectivity index (χ0v) is 14.5. The van der Waals surface area contributed by atoms with Gasteiger partial charge in [0.15, 0.2) is 0 Å². The Morgan fingerprint density at radius 1 is 1.15 bits per heavy atom. The zero-order valence-electron chi connectivity index (χ0n) is 14.5. The van der Waals surface area contributed by atoms with Crippen LogP contribution < -0.4 is 10.1 Å². The van der Waals surface area contributed by atoms with E-state index in [2.05, 4.69) is 29.6 Å². The van der Waals surface area contributed by atoms with E-state index in [1.807, 2.05) is 29.2 Å². The van der Waals surface area contributed by atoms with Crippen LogP contribution in [0, 0.1) is 0 Å². The lowest BCUT2D eigenvalue weighted by atomic mass is 9.98. The molecule has 5 heteroatoms. The summed E-state index contributed by atoms with van der Waals surface area (Å²) in [6.07, 6.45) is 2.18. The molecule has 1 aromatic heterocycles. The highest BCUT2D eigenvalue weighted by Gasteiger charge is 2.36. The van der Waals surface area contributed by atoms with Gasteiger partial charge >= 0.3 is 6.03 Å². The maximum Gasteiger partial charge on any atom is 0.323 e. The summed E-state index contributed by atoms with van der Waals surface area (Å²) in [5, 5.41) is 4.00. The Hall–Kier alpha value is -3.08. The van der Waals surface area contributed by atoms with Gasteiger partial charge in [-0.1, -0.05) is 30.3 Å². The Morgan fingerprint density at radius 3 is 2.69 bits per heavy atom. The lowest BCUT2D eigenvalue weighted by Crippen LogP contribution is -2.40. The Balaban J connectivity index is 1.71. The number of ether oxygens (including phenoxy) is 1. The summed E-state index contributed by atoms with van der Waals surface area (Å²) in [5.74, 6) is 1.35. The van der Waals surface area contributed by atoms with Crippen molar-refractivity contribution in [1.29, 1.82) is 0 Å². The average molecular weight is 345 g/mol. The number of urea groups is 1. The highest BCUT2D eigenvalue weighted by molar-refractivity contribution is 6.01. The summed E-state index contributed by atoms with van der Waals surface area (Å²) in [7, 11) is 1.64. The highest BCUT2D eigenvalue weighted by Crippen LogP contribution is 2.38. The van der Waals surface area contributed by atoms with Crippen molar-refractivity contribution in [3.8, 4) is 16.9 Å². The molecule has 0 radical (unpaired) electrons. The molecule has 0 spiro atoms. The molecule has 26 heavy (non-hydrogen) atoms. The predicted molar refractivity (Wildman–Crippen MR) is 101 cm³/mol. The number of carbonyl (C=O) groups excluding carboxylic acids is 1. The number of nitrogens with zero attached hydrogens (tertiary/aromatic N) is 2. The number of nitrogens with one attached hydrogen (secondary N) is 1. The quantitative estimate of drug-likeness (QED) is 0.764. The molecule has 3 aromatic rings. The number of hydrogen-bond acceptors (Lipinski definition) is 3. The van der Waals surface area contributed by atoms with E-state index < -0.39 is 0 Å². The summed E-state index contributed by atoms with van der Waals surface area (Å²) < 4.78 is 5.52. The fourth-order valence-corrected chi connectivity index (χ4v) is 3.65. The third kappa shape index (κ3) is 2.39. The van der Waals surface area contributed by atoms with E-state index in [-0.39, 0.29) is 6.03 Å². The van der Waals surface area contributed by atoms with E-state index in [0.29, 0.717) is 24.2 Å². The van der Waals surface area contributed by atoms with Crippen LogP contribution in [0.4, 0.5) is 10.6 Å². The number of benzene rings is 2. The van der Waals surface area contributed by atoms with Crippen molar-refractivity contribution >= 4 is 22.8 Å². The number of aromatic nitrogens is 1. The highest BCUT2D eigenvalue weighted by atomic mass is 16.5. The number of methoxy groups -OCH3 is 1. The van der Waals surface area contributed by atoms with Crippen molar-refractivity contribution in [1.82, 2.24) is 9.88 Å². The van der Waals surface area contributed by atoms with Crippen LogP contribution in [-0.2, 0) is 6.54 Å². The lowest BCUT2D eigenvalue weighted by Gasteiger charge is -2.29. The standard InChI is InChI=1S/C21H19N3O2/c1-26-18-10-9-16(13-5-3-2-4-6-13)17-11-14-12-24(15-7-8-15)21(25)23-20(14)22-19(17)18/h2-6,9-11,15H,7-8,12H2,1H3,(H,22,23,25). The zero-order chi connectivity index (χ0) is 17.7. The van der Waals surface area contributed by atoms with E-state index in [4.69, 9.17) is 9.72 Å². The second-order valence-electron chi connectivity index (χ2n) is 6.86. The molecule has 0 bridgehead atoms. The lowest BCUT2D eigenvalue weighted by molar-refractivity contribution is 0.203. The van der Waals surface area contributed by atoms with Gasteiger partial charge in [0.05, 0.1) is 13.7 Å². The summed E-state index contributed by atoms with van der Waals surface area (Å²) >= 11 is 0. The van der Waals surface area contributed by atoms with Crippen LogP contribution in [-0.4, -0.2) is 29.1 Å². The van der Waals surface area contributed by atoms with E-state index in [9.17, 15) is 4.79 Å². The van der Waals surface area contributed by atoms with Crippen molar-refractivity contribution in [2.24, 2.45) is 0 Å². The van der Waals surface area contributed by atoms with Gasteiger partial charge in [-0.15, -0.1) is 0 Å². The fourth-order valence-electron chi connectivity index (χ4n) is 3.65. The summed E-state index contributed by atoms with van der Waals surface area (Å²) in [5.41, 5.74) is 4.08. The van der Waals surface area contributed by atoms with Gasteiger partial charge in [0.1, 0.15) is 17.1 Å². The smallest absolute Gasteiger partial charge is 0.323 e. The molecular formula is C21H19N3O2. The van der Waals surface area contributed by atoms with Crippen LogP contribution in [0.5, 0.6) is 5.75 Å². The molecule has 0 atom stereocenters. The minimum absolute atomic E-state index is 0.0509. The molecule has 130 valence electrons. The van der Waals surface area contributed by atoms with Gasteiger partial charge in [-0.2, -0.15) is 0 Å². The molecule has 2 aliphatic rings. The Morgan fingerprint density at radius 2 is 1.96 bits per heavy atom. The van der Waals surface area contributed by atoms with Crippen molar-refractivity contribution in [3.63, 3.8) is 0 Å². The van der Waals surface area contributed by atoms with E-state index in [0.717, 1.165) is 40.4 Å². The SMILES string of the molecule is COc1ccc(-c2ccccc2)c2cc3c(nc12)NC(=O)N(C1CC1)C3. The van der Waals surface area contributed by atoms with Gasteiger partial charge in [0, 0.05) is 17.0 Å². The molecule has 0 unspecified atom stereocenters. The van der Waals surface area contributed by atoms with Crippen LogP contribution in [0.1, 0.15) is 18.4 Å². The van der Waals surface area contributed by atoms with Crippen LogP contribution in [0.3, 0.4) is 0 Å². The van der Waals surface area contributed by atoms with Gasteiger partial charge in [0.25, 0.3) is 0 Å². The molecule has 2 heterocycles. The second-order valence-corrected chi connectivity index (χ2v) is 6.86. The first-order valence-corrected chi connectivity index (χ1v) is 8.88. The van der Waals surface area contributed by atoms with Crippen molar-refractivity contribution in [2.75, 3.05) is 12.4 Å². The minimum atomic E-state index is -0.0509. The molecular weight excluding hydrogens is 326 g/mol. The van der Waals surface area contributed by atoms with Gasteiger partial charge in [0.2, 0.25) is 0 Å². The first-order chi connectivity index (χ1) is 12.7. The molecule has 1 fully saturated rings. The monoisotopic (exact) mass is 345 g/mol. The van der Waals surface area contributed by atoms with E-state index in [1.165, 1.54) is 0 Å². The molecule has 2 amide bonds. The maximum absolute atomic E-state index is 12.4. The third-order valence-corrected chi connectivity index (χ3v) is 5.15. The predicted octanol–water partition coefficient (Wildman–Crippen LogP) is 4.42. The summed E-state index contributed by atoms with van der Waals surface area (Å²) in [4.78, 5) is 19.0. The molecule has 1 saturated carbocycles. The normalized spacial score (nSPS) is 16.3. The maximum atomic E-state index is 12.4. The number of carbonyl (C=O) groups is 1. The molecule has 1 N–H and O–H groups in total. The van der Waals surface area contributed by atoms with Gasteiger partial charge in [-0.25, -0.2) is 9.78 Å². The first-order valence-electron chi connectivity index (χ1n) is 8.88. The molecule has 1 aliphatic carbocycles. The van der Waals surface area contributed by atoms with E-state index >= 15 is 0 Å². The topological polar surface area (TPSA) is 54.5 Å². The molecule has 0 saturated heterocycles. The largest absolute Gasteiger partial charge is 0.494 e. The number of hydrogen-bond donors (Lipinski definition) is 1. The van der Waals surface area contributed by atoms with Crippen LogP contribution in [0.15, 0.2) is 48.5 Å². The van der Waals surface area contributed by atoms with Crippen molar-refractivity contribution in [3.05, 3.63) is 54.1 Å². The average Bonchev–Trinajstić information content (AvgIpc) is 3.51. The summed E-state index contributed by atoms with van der Waals surface area (Å²) in [6.45, 7) is 0.611. The molecule has 5 rings (SSSR count). The Kier molecular flexibility index (Phi) is 3.35. The van der Waals surface area contributed by atoms with Gasteiger partial charge in [-0.05, 0) is 42.2 Å². The van der Waals surface area contributed by atoms with Crippen LogP contribution in [0.2, 0.25) is 0 Å². The number of fused-ring (bicyclic) bond motifs is 2. The van der Waals surface area contributed by atoms with Gasteiger partial charge < -0.3 is 9.64 Å². The Labute approximate surface area is 151 Å². The number of pyridine rings is 1. The number of anilines is 1. The molecule has 2 aromatic carbocycles. The minimum Gasteiger partial charge on any atom is -0.494 e. The number of rotatable bonds is 3. The number of amides is 2. The first kappa shape index (κ1) is 15.2. The van der Waals surface area contributed by atoms with Crippen LogP contribution in [0.25, 0.3) is 22.0 Å². The van der Waals surface area contributed by atoms with Crippen LogP contribution >= 0.6 is 0 Å².